The second kappa shape index (κ2) is 6.99. The van der Waals surface area contributed by atoms with Crippen molar-refractivity contribution in [1.29, 1.82) is 0 Å². The first-order chi connectivity index (χ1) is 10.8. The van der Waals surface area contributed by atoms with E-state index in [0.717, 1.165) is 17.1 Å². The van der Waals surface area contributed by atoms with Crippen LogP contribution in [0.5, 0.6) is 0 Å². The molecule has 2 heterocycles. The Balaban J connectivity index is 1.71. The maximum Gasteiger partial charge on any atom is 0.0904 e. The number of aromatic nitrogens is 1. The molecule has 0 aromatic carbocycles. The van der Waals surface area contributed by atoms with Crippen LogP contribution in [0.1, 0.15) is 64.5 Å². The van der Waals surface area contributed by atoms with Gasteiger partial charge < -0.3 is 10.3 Å². The van der Waals surface area contributed by atoms with E-state index in [4.69, 9.17) is 4.99 Å². The lowest BCUT2D eigenvalue weighted by molar-refractivity contribution is 0.419. The zero-order valence-electron chi connectivity index (χ0n) is 13.8. The Morgan fingerprint density at radius 3 is 2.50 bits per heavy atom. The van der Waals surface area contributed by atoms with Gasteiger partial charge in [-0.3, -0.25) is 0 Å². The van der Waals surface area contributed by atoms with Crippen molar-refractivity contribution in [3.63, 3.8) is 0 Å². The molecule has 0 amide bonds. The summed E-state index contributed by atoms with van der Waals surface area (Å²) in [6.45, 7) is 4.33. The Hall–Kier alpha value is -1.77. The van der Waals surface area contributed by atoms with Gasteiger partial charge in [0.05, 0.1) is 17.1 Å². The van der Waals surface area contributed by atoms with E-state index < -0.39 is 0 Å². The predicted molar refractivity (Wildman–Crippen MR) is 93.0 cm³/mol. The summed E-state index contributed by atoms with van der Waals surface area (Å²) in [5.74, 6) is 0. The molecule has 0 bridgehead atoms. The van der Waals surface area contributed by atoms with E-state index >= 15 is 0 Å². The summed E-state index contributed by atoms with van der Waals surface area (Å²) in [6.07, 6.45) is 13.6. The normalized spacial score (nSPS) is 22.6. The third-order valence-corrected chi connectivity index (χ3v) is 4.95. The Morgan fingerprint density at radius 1 is 1.09 bits per heavy atom. The van der Waals surface area contributed by atoms with Crippen molar-refractivity contribution in [2.45, 2.75) is 64.8 Å². The molecular formula is C19H27N3. The highest BCUT2D eigenvalue weighted by Gasteiger charge is 2.19. The zero-order valence-corrected chi connectivity index (χ0v) is 13.8. The quantitative estimate of drug-likeness (QED) is 0.834. The largest absolute Gasteiger partial charge is 0.386 e. The number of aliphatic imine (C=N–C) groups is 1. The van der Waals surface area contributed by atoms with Crippen molar-refractivity contribution in [3.8, 4) is 0 Å². The molecule has 1 aromatic rings. The van der Waals surface area contributed by atoms with Crippen molar-refractivity contribution < 1.29 is 0 Å². The van der Waals surface area contributed by atoms with E-state index in [1.54, 1.807) is 0 Å². The minimum Gasteiger partial charge on any atom is -0.386 e. The van der Waals surface area contributed by atoms with Gasteiger partial charge in [-0.2, -0.15) is 0 Å². The highest BCUT2D eigenvalue weighted by molar-refractivity contribution is 6.14. The maximum absolute atomic E-state index is 4.83. The van der Waals surface area contributed by atoms with E-state index in [0.29, 0.717) is 6.04 Å². The number of nitrogens with one attached hydrogen (secondary N) is 2. The van der Waals surface area contributed by atoms with Crippen LogP contribution in [0.2, 0.25) is 0 Å². The number of nitrogens with zero attached hydrogens (tertiary/aromatic N) is 1. The molecule has 3 rings (SSSR count). The van der Waals surface area contributed by atoms with Gasteiger partial charge in [0.1, 0.15) is 0 Å². The molecule has 3 nitrogen and oxygen atoms in total. The molecule has 0 spiro atoms. The lowest BCUT2D eigenvalue weighted by Crippen LogP contribution is -2.25. The summed E-state index contributed by atoms with van der Waals surface area (Å²) < 4.78 is 0. The summed E-state index contributed by atoms with van der Waals surface area (Å²) in [5.41, 5.74) is 5.82. The first kappa shape index (κ1) is 15.1. The fourth-order valence-electron chi connectivity index (χ4n) is 3.36. The van der Waals surface area contributed by atoms with Gasteiger partial charge in [0.15, 0.2) is 0 Å². The molecule has 0 radical (unpaired) electrons. The van der Waals surface area contributed by atoms with Crippen LogP contribution < -0.4 is 5.32 Å². The zero-order chi connectivity index (χ0) is 15.4. The van der Waals surface area contributed by atoms with Gasteiger partial charge in [0.25, 0.3) is 0 Å². The molecule has 1 fully saturated rings. The van der Waals surface area contributed by atoms with Crippen LogP contribution in [0.25, 0.3) is 0 Å². The number of H-pyrrole nitrogens is 1. The summed E-state index contributed by atoms with van der Waals surface area (Å²) in [7, 11) is 0. The molecule has 2 N–H and O–H groups in total. The first-order valence-electron chi connectivity index (χ1n) is 8.62. The molecule has 1 saturated carbocycles. The van der Waals surface area contributed by atoms with Gasteiger partial charge in [0.2, 0.25) is 0 Å². The molecule has 0 unspecified atom stereocenters. The summed E-state index contributed by atoms with van der Waals surface area (Å²) in [5, 5.41) is 3.63. The Kier molecular flexibility index (Phi) is 4.81. The smallest absolute Gasteiger partial charge is 0.0904 e. The third-order valence-electron chi connectivity index (χ3n) is 4.95. The lowest BCUT2D eigenvalue weighted by Gasteiger charge is -2.20. The van der Waals surface area contributed by atoms with Gasteiger partial charge in [-0.25, -0.2) is 4.99 Å². The van der Waals surface area contributed by atoms with Crippen LogP contribution in [0.3, 0.4) is 0 Å². The highest BCUT2D eigenvalue weighted by Crippen LogP contribution is 2.27. The van der Waals surface area contributed by atoms with Crippen LogP contribution in [0, 0.1) is 0 Å². The number of aromatic amines is 1. The average molecular weight is 297 g/mol. The minimum atomic E-state index is 0.616. The second-order valence-electron chi connectivity index (χ2n) is 6.53. The molecule has 1 aromatic heterocycles. The van der Waals surface area contributed by atoms with E-state index in [2.05, 4.69) is 36.4 Å². The summed E-state index contributed by atoms with van der Waals surface area (Å²) >= 11 is 0. The number of rotatable bonds is 3. The molecule has 0 atom stereocenters. The molecule has 2 aliphatic rings. The molecular weight excluding hydrogens is 270 g/mol. The number of allylic oxidation sites excluding steroid dienone is 2. The van der Waals surface area contributed by atoms with Gasteiger partial charge >= 0.3 is 0 Å². The third kappa shape index (κ3) is 3.34. The van der Waals surface area contributed by atoms with Gasteiger partial charge in [-0.1, -0.05) is 32.1 Å². The van der Waals surface area contributed by atoms with Crippen LogP contribution >= 0.6 is 0 Å². The Bertz CT molecular complexity index is 582. The second-order valence-corrected chi connectivity index (χ2v) is 6.53. The molecule has 22 heavy (non-hydrogen) atoms. The Labute approximate surface area is 133 Å². The topological polar surface area (TPSA) is 40.2 Å². The van der Waals surface area contributed by atoms with Crippen molar-refractivity contribution in [3.05, 3.63) is 47.1 Å². The van der Waals surface area contributed by atoms with E-state index in [-0.39, 0.29) is 0 Å². The number of hydrogen-bond acceptors (Lipinski definition) is 2. The molecule has 3 heteroatoms. The van der Waals surface area contributed by atoms with Crippen molar-refractivity contribution >= 4 is 5.71 Å². The maximum atomic E-state index is 4.83. The van der Waals surface area contributed by atoms with E-state index in [9.17, 15) is 0 Å². The van der Waals surface area contributed by atoms with Crippen LogP contribution in [0.4, 0.5) is 0 Å². The first-order valence-corrected chi connectivity index (χ1v) is 8.62. The average Bonchev–Trinajstić information content (AvgIpc) is 3.09. The summed E-state index contributed by atoms with van der Waals surface area (Å²) in [6, 6.07) is 4.72. The van der Waals surface area contributed by atoms with E-state index in [1.165, 1.54) is 56.1 Å². The Morgan fingerprint density at radius 2 is 1.82 bits per heavy atom. The van der Waals surface area contributed by atoms with Crippen molar-refractivity contribution in [2.75, 3.05) is 0 Å². The van der Waals surface area contributed by atoms with Crippen LogP contribution in [0.15, 0.2) is 46.4 Å². The lowest BCUT2D eigenvalue weighted by atomic mass is 9.97. The highest BCUT2D eigenvalue weighted by atomic mass is 14.9. The predicted octanol–water partition coefficient (Wildman–Crippen LogP) is 4.70. The standard InChI is InChI=1S/C19H27N3/c1-14-15(2)19(17-11-8-12-20-17)22-18(14)13-21-16-9-6-4-3-5-7-10-16/h8,11-13,16,20-21H,3-7,9-10H2,1-2H3/b18-13+. The van der Waals surface area contributed by atoms with Crippen LogP contribution in [-0.4, -0.2) is 16.7 Å². The molecule has 0 saturated heterocycles. The van der Waals surface area contributed by atoms with Crippen molar-refractivity contribution in [2.24, 2.45) is 4.99 Å². The van der Waals surface area contributed by atoms with Gasteiger partial charge in [0, 0.05) is 18.4 Å². The van der Waals surface area contributed by atoms with Gasteiger partial charge in [-0.15, -0.1) is 0 Å². The molecule has 1 aliphatic heterocycles. The van der Waals surface area contributed by atoms with Gasteiger partial charge in [-0.05, 0) is 50.0 Å². The fraction of sp³-hybridized carbons (Fsp3) is 0.526. The number of hydrogen-bond donors (Lipinski definition) is 2. The minimum absolute atomic E-state index is 0.616. The van der Waals surface area contributed by atoms with Crippen molar-refractivity contribution in [1.82, 2.24) is 10.3 Å². The van der Waals surface area contributed by atoms with E-state index in [1.807, 2.05) is 12.3 Å². The molecule has 1 aliphatic carbocycles. The summed E-state index contributed by atoms with van der Waals surface area (Å²) in [4.78, 5) is 8.09. The van der Waals surface area contributed by atoms with Crippen LogP contribution in [-0.2, 0) is 0 Å². The SMILES string of the molecule is CC1=C(C)/C(=C\NC2CCCCCCC2)N=C1c1ccc[nH]1. The molecule has 118 valence electrons. The fourth-order valence-corrected chi connectivity index (χ4v) is 3.36. The monoisotopic (exact) mass is 297 g/mol.